The highest BCUT2D eigenvalue weighted by Gasteiger charge is 2.24. The number of pyridine rings is 1. The number of nitrogens with one attached hydrogen (secondary N) is 3. The average Bonchev–Trinajstić information content (AvgIpc) is 3.33. The van der Waals surface area contributed by atoms with Gasteiger partial charge in [-0.1, -0.05) is 60.2 Å². The van der Waals surface area contributed by atoms with Gasteiger partial charge in [-0.05, 0) is 61.7 Å². The minimum atomic E-state index is -1.02. The number of imidazole rings is 1. The van der Waals surface area contributed by atoms with E-state index in [1.807, 2.05) is 86.0 Å². The second-order valence-corrected chi connectivity index (χ2v) is 10.6. The number of amides is 2. The van der Waals surface area contributed by atoms with Gasteiger partial charge in [0.15, 0.2) is 5.65 Å². The molecule has 0 bridgehead atoms. The Morgan fingerprint density at radius 3 is 2.26 bits per heavy atom. The molecule has 0 spiro atoms. The van der Waals surface area contributed by atoms with E-state index in [1.54, 1.807) is 24.3 Å². The lowest BCUT2D eigenvalue weighted by atomic mass is 10.0. The first-order valence-corrected chi connectivity index (χ1v) is 13.9. The van der Waals surface area contributed by atoms with Crippen LogP contribution in [0.2, 0.25) is 0 Å². The van der Waals surface area contributed by atoms with Crippen molar-refractivity contribution in [1.29, 1.82) is 0 Å². The van der Waals surface area contributed by atoms with Crippen molar-refractivity contribution in [2.45, 2.75) is 40.2 Å². The number of nitrogens with zero attached hydrogens (tertiary/aromatic N) is 2. The van der Waals surface area contributed by atoms with Crippen LogP contribution in [0.4, 0.5) is 17.2 Å². The Morgan fingerprint density at radius 2 is 1.60 bits per heavy atom. The molecular weight excluding hydrogens is 542 g/mol. The van der Waals surface area contributed by atoms with Gasteiger partial charge in [0.2, 0.25) is 5.91 Å². The third-order valence-corrected chi connectivity index (χ3v) is 7.23. The van der Waals surface area contributed by atoms with Gasteiger partial charge in [-0.15, -0.1) is 0 Å². The maximum atomic E-state index is 13.8. The van der Waals surface area contributed by atoms with Crippen LogP contribution in [0.1, 0.15) is 52.0 Å². The molecule has 4 N–H and O–H groups in total. The monoisotopic (exact) mass is 575 g/mol. The number of para-hydroxylation sites is 1. The predicted octanol–water partition coefficient (Wildman–Crippen LogP) is 6.57. The molecule has 2 heterocycles. The Balaban J connectivity index is 1.61. The lowest BCUT2D eigenvalue weighted by Gasteiger charge is -2.18. The van der Waals surface area contributed by atoms with E-state index in [4.69, 9.17) is 4.98 Å². The Bertz CT molecular complexity index is 1820. The Labute approximate surface area is 249 Å². The van der Waals surface area contributed by atoms with Gasteiger partial charge in [-0.3, -0.25) is 18.8 Å². The molecule has 0 saturated carbocycles. The number of aliphatic carboxylic acids is 1. The first-order valence-electron chi connectivity index (χ1n) is 13.9. The smallest absolute Gasteiger partial charge is 0.305 e. The second-order valence-electron chi connectivity index (χ2n) is 10.6. The van der Waals surface area contributed by atoms with E-state index < -0.39 is 17.9 Å². The van der Waals surface area contributed by atoms with Gasteiger partial charge in [0.1, 0.15) is 11.5 Å². The zero-order valence-corrected chi connectivity index (χ0v) is 24.4. The lowest BCUT2D eigenvalue weighted by molar-refractivity contribution is -0.137. The standard InChI is InChI=1S/C34H33N5O4/c1-20-8-5-11-25(18-20)28(19-29(41)42)36-34(43)27-12-7-17-39-32(27)38-31(24-13-15-26(16-14-24)35-23(4)40)33(39)37-30-21(2)9-6-10-22(30)3/h5-18,28,37H,19H2,1-4H3,(H,35,40)(H,36,43)(H,41,42). The summed E-state index contributed by atoms with van der Waals surface area (Å²) in [5, 5.41) is 18.9. The summed E-state index contributed by atoms with van der Waals surface area (Å²) in [6, 6.07) is 23.5. The highest BCUT2D eigenvalue weighted by Crippen LogP contribution is 2.35. The third-order valence-electron chi connectivity index (χ3n) is 7.23. The van der Waals surface area contributed by atoms with Crippen molar-refractivity contribution < 1.29 is 19.5 Å². The van der Waals surface area contributed by atoms with Crippen molar-refractivity contribution in [1.82, 2.24) is 14.7 Å². The molecule has 0 radical (unpaired) electrons. The number of hydrogen-bond acceptors (Lipinski definition) is 5. The molecule has 1 unspecified atom stereocenters. The maximum absolute atomic E-state index is 13.8. The van der Waals surface area contributed by atoms with E-state index in [0.717, 1.165) is 27.9 Å². The fraction of sp³-hybridized carbons (Fsp3) is 0.176. The molecule has 0 aliphatic rings. The molecule has 0 saturated heterocycles. The molecule has 9 heteroatoms. The lowest BCUT2D eigenvalue weighted by Crippen LogP contribution is -2.30. The maximum Gasteiger partial charge on any atom is 0.305 e. The van der Waals surface area contributed by atoms with E-state index in [2.05, 4.69) is 16.0 Å². The Morgan fingerprint density at radius 1 is 0.907 bits per heavy atom. The van der Waals surface area contributed by atoms with Gasteiger partial charge in [-0.25, -0.2) is 4.98 Å². The number of carboxylic acids is 1. The molecule has 0 aliphatic carbocycles. The Kier molecular flexibility index (Phi) is 8.25. The summed E-state index contributed by atoms with van der Waals surface area (Å²) in [6.07, 6.45) is 1.57. The predicted molar refractivity (Wildman–Crippen MR) is 168 cm³/mol. The fourth-order valence-electron chi connectivity index (χ4n) is 5.16. The van der Waals surface area contributed by atoms with E-state index in [9.17, 15) is 19.5 Å². The fourth-order valence-corrected chi connectivity index (χ4v) is 5.16. The number of aromatic nitrogens is 2. The minimum absolute atomic E-state index is 0.166. The molecule has 43 heavy (non-hydrogen) atoms. The molecule has 0 aliphatic heterocycles. The van der Waals surface area contributed by atoms with Gasteiger partial charge in [0, 0.05) is 30.1 Å². The van der Waals surface area contributed by atoms with Crippen LogP contribution in [-0.4, -0.2) is 32.3 Å². The summed E-state index contributed by atoms with van der Waals surface area (Å²) in [4.78, 5) is 42.0. The minimum Gasteiger partial charge on any atom is -0.481 e. The molecular formula is C34H33N5O4. The molecule has 2 amide bonds. The molecule has 2 aromatic heterocycles. The van der Waals surface area contributed by atoms with Crippen molar-refractivity contribution >= 4 is 40.6 Å². The van der Waals surface area contributed by atoms with Gasteiger partial charge >= 0.3 is 5.97 Å². The number of fused-ring (bicyclic) bond motifs is 1. The van der Waals surface area contributed by atoms with Crippen LogP contribution in [0.15, 0.2) is 85.1 Å². The van der Waals surface area contributed by atoms with Crippen LogP contribution in [0.3, 0.4) is 0 Å². The highest BCUT2D eigenvalue weighted by molar-refractivity contribution is 6.01. The summed E-state index contributed by atoms with van der Waals surface area (Å²) < 4.78 is 1.83. The SMILES string of the molecule is CC(=O)Nc1ccc(-c2nc3c(C(=O)NC(CC(=O)O)c4cccc(C)c4)cccn3c2Nc2c(C)cccc2C)cc1. The first kappa shape index (κ1) is 29.1. The topological polar surface area (TPSA) is 125 Å². The normalized spacial score (nSPS) is 11.6. The quantitative estimate of drug-likeness (QED) is 0.157. The van der Waals surface area contributed by atoms with Crippen molar-refractivity contribution in [2.24, 2.45) is 0 Å². The van der Waals surface area contributed by atoms with Crippen molar-refractivity contribution in [3.05, 3.63) is 113 Å². The van der Waals surface area contributed by atoms with Crippen LogP contribution in [0.25, 0.3) is 16.9 Å². The molecule has 5 rings (SSSR count). The summed E-state index contributed by atoms with van der Waals surface area (Å²) in [7, 11) is 0. The number of benzene rings is 3. The summed E-state index contributed by atoms with van der Waals surface area (Å²) in [5.41, 5.74) is 7.46. The molecule has 5 aromatic rings. The average molecular weight is 576 g/mol. The van der Waals surface area contributed by atoms with E-state index in [1.165, 1.54) is 6.92 Å². The summed E-state index contributed by atoms with van der Waals surface area (Å²) >= 11 is 0. The first-order chi connectivity index (χ1) is 20.6. The number of anilines is 3. The van der Waals surface area contributed by atoms with Crippen molar-refractivity contribution in [3.63, 3.8) is 0 Å². The van der Waals surface area contributed by atoms with Crippen LogP contribution in [0, 0.1) is 20.8 Å². The number of carboxylic acid groups (broad SMARTS) is 1. The van der Waals surface area contributed by atoms with Crippen LogP contribution >= 0.6 is 0 Å². The van der Waals surface area contributed by atoms with Gasteiger partial charge < -0.3 is 21.1 Å². The van der Waals surface area contributed by atoms with Gasteiger partial charge in [0.05, 0.1) is 18.0 Å². The number of rotatable bonds is 9. The highest BCUT2D eigenvalue weighted by atomic mass is 16.4. The summed E-state index contributed by atoms with van der Waals surface area (Å²) in [5.74, 6) is -0.957. The number of hydrogen-bond donors (Lipinski definition) is 4. The largest absolute Gasteiger partial charge is 0.481 e. The molecule has 1 atom stereocenters. The van der Waals surface area contributed by atoms with Gasteiger partial charge in [0.25, 0.3) is 5.91 Å². The zero-order valence-electron chi connectivity index (χ0n) is 24.4. The van der Waals surface area contributed by atoms with E-state index >= 15 is 0 Å². The number of carbonyl (C=O) groups excluding carboxylic acids is 2. The second kappa shape index (κ2) is 12.2. The zero-order chi connectivity index (χ0) is 30.7. The van der Waals surface area contributed by atoms with Crippen LogP contribution < -0.4 is 16.0 Å². The molecule has 9 nitrogen and oxygen atoms in total. The van der Waals surface area contributed by atoms with Crippen molar-refractivity contribution in [3.8, 4) is 11.3 Å². The molecule has 0 fully saturated rings. The van der Waals surface area contributed by atoms with E-state index in [0.29, 0.717) is 34.0 Å². The molecule has 3 aromatic carbocycles. The number of aryl methyl sites for hydroxylation is 3. The van der Waals surface area contributed by atoms with Crippen LogP contribution in [0.5, 0.6) is 0 Å². The third kappa shape index (κ3) is 6.41. The van der Waals surface area contributed by atoms with Crippen LogP contribution in [-0.2, 0) is 9.59 Å². The van der Waals surface area contributed by atoms with Crippen molar-refractivity contribution in [2.75, 3.05) is 10.6 Å². The van der Waals surface area contributed by atoms with E-state index in [-0.39, 0.29) is 12.3 Å². The molecule has 218 valence electrons. The Hall–Kier alpha value is -5.44. The number of carbonyl (C=O) groups is 3. The van der Waals surface area contributed by atoms with Gasteiger partial charge in [-0.2, -0.15) is 0 Å². The summed E-state index contributed by atoms with van der Waals surface area (Å²) in [6.45, 7) is 7.42.